The molecule has 2 heterocycles. The van der Waals surface area contributed by atoms with Gasteiger partial charge in [-0.05, 0) is 25.1 Å². The highest BCUT2D eigenvalue weighted by Gasteiger charge is 2.35. The third kappa shape index (κ3) is 2.82. The van der Waals surface area contributed by atoms with Crippen LogP contribution in [0.25, 0.3) is 5.65 Å². The number of hydrogen-bond donors (Lipinski definition) is 0. The topological polar surface area (TPSA) is 50.5 Å². The van der Waals surface area contributed by atoms with Crippen LogP contribution in [0.3, 0.4) is 0 Å². The first-order valence-corrected chi connectivity index (χ1v) is 7.05. The van der Waals surface area contributed by atoms with Gasteiger partial charge in [0.25, 0.3) is 5.91 Å². The summed E-state index contributed by atoms with van der Waals surface area (Å²) in [6.45, 7) is 1.46. The number of anilines is 1. The van der Waals surface area contributed by atoms with E-state index in [1.807, 2.05) is 0 Å². The molecule has 124 valence electrons. The van der Waals surface area contributed by atoms with Gasteiger partial charge >= 0.3 is 6.18 Å². The van der Waals surface area contributed by atoms with Crippen LogP contribution in [0.4, 0.5) is 18.9 Å². The molecular formula is C16H13F3N4O. The number of aromatic nitrogens is 3. The van der Waals surface area contributed by atoms with Crippen molar-refractivity contribution in [2.75, 3.05) is 11.9 Å². The van der Waals surface area contributed by atoms with Crippen molar-refractivity contribution < 1.29 is 18.0 Å². The van der Waals surface area contributed by atoms with E-state index in [1.165, 1.54) is 24.9 Å². The average Bonchev–Trinajstić information content (AvgIpc) is 2.96. The quantitative estimate of drug-likeness (QED) is 0.722. The number of alkyl halides is 3. The first-order valence-electron chi connectivity index (χ1n) is 7.05. The second-order valence-electron chi connectivity index (χ2n) is 5.28. The predicted octanol–water partition coefficient (Wildman–Crippen LogP) is 3.33. The summed E-state index contributed by atoms with van der Waals surface area (Å²) in [6.07, 6.45) is -4.59. The maximum Gasteiger partial charge on any atom is 0.433 e. The Balaban J connectivity index is 2.07. The monoisotopic (exact) mass is 334 g/mol. The molecule has 0 atom stereocenters. The van der Waals surface area contributed by atoms with Gasteiger partial charge in [0, 0.05) is 24.5 Å². The fraction of sp³-hybridized carbons (Fsp3) is 0.188. The van der Waals surface area contributed by atoms with Gasteiger partial charge in [0.2, 0.25) is 0 Å². The number of fused-ring (bicyclic) bond motifs is 1. The van der Waals surface area contributed by atoms with E-state index >= 15 is 0 Å². The highest BCUT2D eigenvalue weighted by molar-refractivity contribution is 6.04. The molecule has 0 saturated carbocycles. The molecule has 5 nitrogen and oxygen atoms in total. The molecule has 8 heteroatoms. The molecular weight excluding hydrogens is 321 g/mol. The molecule has 0 fully saturated rings. The number of hydrogen-bond acceptors (Lipinski definition) is 3. The second-order valence-corrected chi connectivity index (χ2v) is 5.28. The second kappa shape index (κ2) is 5.63. The Morgan fingerprint density at radius 3 is 2.46 bits per heavy atom. The summed E-state index contributed by atoms with van der Waals surface area (Å²) in [5.41, 5.74) is -0.284. The standard InChI is InChI=1S/C16H13F3N4O/c1-10-8-13(16(17,18)19)23-14(20-10)9-12(21-23)15(24)22(2)11-6-4-3-5-7-11/h3-9H,1-2H3. The number of amides is 1. The number of para-hydroxylation sites is 1. The first-order chi connectivity index (χ1) is 11.3. The van der Waals surface area contributed by atoms with Crippen LogP contribution in [0.1, 0.15) is 21.9 Å². The van der Waals surface area contributed by atoms with Crippen LogP contribution >= 0.6 is 0 Å². The molecule has 0 unspecified atom stereocenters. The van der Waals surface area contributed by atoms with Crippen molar-refractivity contribution in [3.05, 3.63) is 59.5 Å². The number of halogens is 3. The molecule has 1 aromatic carbocycles. The van der Waals surface area contributed by atoms with Crippen molar-refractivity contribution in [2.45, 2.75) is 13.1 Å². The molecule has 0 aliphatic rings. The van der Waals surface area contributed by atoms with Crippen LogP contribution < -0.4 is 4.90 Å². The fourth-order valence-corrected chi connectivity index (χ4v) is 2.35. The van der Waals surface area contributed by atoms with Crippen LogP contribution in [0.15, 0.2) is 42.5 Å². The number of aryl methyl sites for hydroxylation is 1. The Bertz CT molecular complexity index is 903. The molecule has 0 radical (unpaired) electrons. The molecule has 3 rings (SSSR count). The van der Waals surface area contributed by atoms with E-state index in [1.54, 1.807) is 30.3 Å². The van der Waals surface area contributed by atoms with Gasteiger partial charge in [-0.25, -0.2) is 9.50 Å². The smallest absolute Gasteiger partial charge is 0.310 e. The van der Waals surface area contributed by atoms with Gasteiger partial charge in [-0.1, -0.05) is 18.2 Å². The average molecular weight is 334 g/mol. The largest absolute Gasteiger partial charge is 0.433 e. The summed E-state index contributed by atoms with van der Waals surface area (Å²) < 4.78 is 40.1. The van der Waals surface area contributed by atoms with E-state index in [2.05, 4.69) is 10.1 Å². The zero-order chi connectivity index (χ0) is 17.5. The minimum Gasteiger partial charge on any atom is -0.310 e. The SMILES string of the molecule is Cc1cc(C(F)(F)F)n2nc(C(=O)N(C)c3ccccc3)cc2n1. The van der Waals surface area contributed by atoms with Gasteiger partial charge in [0.1, 0.15) is 5.69 Å². The van der Waals surface area contributed by atoms with Crippen molar-refractivity contribution in [3.8, 4) is 0 Å². The fourth-order valence-electron chi connectivity index (χ4n) is 2.35. The summed E-state index contributed by atoms with van der Waals surface area (Å²) in [5, 5.41) is 3.81. The van der Waals surface area contributed by atoms with Gasteiger partial charge in [0.15, 0.2) is 11.3 Å². The Labute approximate surface area is 135 Å². The maximum absolute atomic E-state index is 13.1. The van der Waals surface area contributed by atoms with E-state index in [9.17, 15) is 18.0 Å². The summed E-state index contributed by atoms with van der Waals surface area (Å²) in [4.78, 5) is 17.8. The highest BCUT2D eigenvalue weighted by atomic mass is 19.4. The summed E-state index contributed by atoms with van der Waals surface area (Å²) in [6, 6.07) is 10.9. The van der Waals surface area contributed by atoms with E-state index in [-0.39, 0.29) is 17.0 Å². The van der Waals surface area contributed by atoms with Crippen LogP contribution in [0.2, 0.25) is 0 Å². The first kappa shape index (κ1) is 16.0. The molecule has 0 bridgehead atoms. The van der Waals surface area contributed by atoms with E-state index < -0.39 is 17.8 Å². The summed E-state index contributed by atoms with van der Waals surface area (Å²) >= 11 is 0. The van der Waals surface area contributed by atoms with E-state index in [0.29, 0.717) is 10.2 Å². The molecule has 1 amide bonds. The minimum atomic E-state index is -4.59. The third-order valence-corrected chi connectivity index (χ3v) is 3.51. The molecule has 24 heavy (non-hydrogen) atoms. The lowest BCUT2D eigenvalue weighted by Gasteiger charge is -2.15. The van der Waals surface area contributed by atoms with Gasteiger partial charge in [-0.3, -0.25) is 4.79 Å². The Kier molecular flexibility index (Phi) is 3.75. The van der Waals surface area contributed by atoms with E-state index in [4.69, 9.17) is 0 Å². The van der Waals surface area contributed by atoms with Crippen LogP contribution in [0.5, 0.6) is 0 Å². The number of benzene rings is 1. The minimum absolute atomic E-state index is 0.0212. The van der Waals surface area contributed by atoms with Crippen molar-refractivity contribution in [2.24, 2.45) is 0 Å². The molecule has 0 N–H and O–H groups in total. The normalized spacial score (nSPS) is 11.7. The molecule has 0 aliphatic heterocycles. The van der Waals surface area contributed by atoms with Crippen molar-refractivity contribution in [1.29, 1.82) is 0 Å². The van der Waals surface area contributed by atoms with Crippen LogP contribution in [-0.2, 0) is 6.18 Å². The maximum atomic E-state index is 13.1. The molecule has 2 aromatic heterocycles. The number of nitrogens with zero attached hydrogens (tertiary/aromatic N) is 4. The summed E-state index contributed by atoms with van der Waals surface area (Å²) in [7, 11) is 1.53. The highest BCUT2D eigenvalue weighted by Crippen LogP contribution is 2.30. The van der Waals surface area contributed by atoms with Crippen LogP contribution in [-0.4, -0.2) is 27.6 Å². The van der Waals surface area contributed by atoms with Crippen molar-refractivity contribution in [3.63, 3.8) is 0 Å². The Morgan fingerprint density at radius 2 is 1.83 bits per heavy atom. The zero-order valence-electron chi connectivity index (χ0n) is 12.9. The Morgan fingerprint density at radius 1 is 1.17 bits per heavy atom. The lowest BCUT2D eigenvalue weighted by Crippen LogP contribution is -2.26. The lowest BCUT2D eigenvalue weighted by molar-refractivity contribution is -0.142. The molecule has 0 aliphatic carbocycles. The van der Waals surface area contributed by atoms with Gasteiger partial charge in [-0.2, -0.15) is 18.3 Å². The molecule has 3 aromatic rings. The zero-order valence-corrected chi connectivity index (χ0v) is 12.9. The number of carbonyl (C=O) groups is 1. The number of rotatable bonds is 2. The number of carbonyl (C=O) groups excluding carboxylic acids is 1. The van der Waals surface area contributed by atoms with Crippen molar-refractivity contribution in [1.82, 2.24) is 14.6 Å². The lowest BCUT2D eigenvalue weighted by atomic mass is 10.3. The molecule has 0 spiro atoms. The third-order valence-electron chi connectivity index (χ3n) is 3.51. The van der Waals surface area contributed by atoms with E-state index in [0.717, 1.165) is 6.07 Å². The van der Waals surface area contributed by atoms with Gasteiger partial charge in [-0.15, -0.1) is 0 Å². The predicted molar refractivity (Wildman–Crippen MR) is 81.9 cm³/mol. The van der Waals surface area contributed by atoms with Gasteiger partial charge in [0.05, 0.1) is 0 Å². The van der Waals surface area contributed by atoms with Crippen LogP contribution in [0, 0.1) is 6.92 Å². The van der Waals surface area contributed by atoms with Crippen molar-refractivity contribution >= 4 is 17.2 Å². The molecule has 0 saturated heterocycles. The Hall–Kier alpha value is -2.90. The van der Waals surface area contributed by atoms with Gasteiger partial charge < -0.3 is 4.90 Å². The summed E-state index contributed by atoms with van der Waals surface area (Å²) in [5.74, 6) is -0.516.